The van der Waals surface area contributed by atoms with E-state index in [-0.39, 0.29) is 11.7 Å². The molecule has 2 heterocycles. The van der Waals surface area contributed by atoms with Crippen LogP contribution in [0.25, 0.3) is 0 Å². The Labute approximate surface area is 192 Å². The van der Waals surface area contributed by atoms with Crippen LogP contribution in [0.3, 0.4) is 0 Å². The van der Waals surface area contributed by atoms with E-state index in [1.54, 1.807) is 11.3 Å². The average molecular weight is 456 g/mol. The van der Waals surface area contributed by atoms with Gasteiger partial charge in [-0.25, -0.2) is 0 Å². The predicted molar refractivity (Wildman–Crippen MR) is 126 cm³/mol. The van der Waals surface area contributed by atoms with Gasteiger partial charge >= 0.3 is 0 Å². The van der Waals surface area contributed by atoms with Crippen molar-refractivity contribution in [2.75, 3.05) is 11.1 Å². The van der Waals surface area contributed by atoms with Crippen LogP contribution < -0.4 is 5.32 Å². The summed E-state index contributed by atoms with van der Waals surface area (Å²) in [6.45, 7) is 6.77. The standard InChI is InChI=1S/C23H29N5OS2/c1-3-11-28-21(16-7-5-4-6-8-16)26-27-23(28)30-14-20(29)25-22-18(13-24)17-10-9-15(2)12-19(17)31-22/h3,15-16H,1,4-12,14H2,2H3,(H,25,29). The molecule has 164 valence electrons. The molecular weight excluding hydrogens is 426 g/mol. The van der Waals surface area contributed by atoms with E-state index in [1.807, 2.05) is 6.08 Å². The van der Waals surface area contributed by atoms with Gasteiger partial charge in [0.1, 0.15) is 16.9 Å². The number of anilines is 1. The van der Waals surface area contributed by atoms with Gasteiger partial charge in [0, 0.05) is 17.3 Å². The fourth-order valence-corrected chi connectivity index (χ4v) is 6.75. The van der Waals surface area contributed by atoms with Crippen LogP contribution in [0.5, 0.6) is 0 Å². The van der Waals surface area contributed by atoms with Gasteiger partial charge in [0.05, 0.1) is 11.3 Å². The average Bonchev–Trinajstić information content (AvgIpc) is 3.33. The number of allylic oxidation sites excluding steroid dienone is 1. The monoisotopic (exact) mass is 455 g/mol. The Bertz CT molecular complexity index is 997. The van der Waals surface area contributed by atoms with E-state index in [9.17, 15) is 10.1 Å². The van der Waals surface area contributed by atoms with Gasteiger partial charge in [-0.15, -0.1) is 28.1 Å². The highest BCUT2D eigenvalue weighted by molar-refractivity contribution is 7.99. The number of carbonyl (C=O) groups excluding carboxylic acids is 1. The Morgan fingerprint density at radius 3 is 2.90 bits per heavy atom. The van der Waals surface area contributed by atoms with Gasteiger partial charge in [-0.05, 0) is 43.6 Å². The summed E-state index contributed by atoms with van der Waals surface area (Å²) in [7, 11) is 0. The summed E-state index contributed by atoms with van der Waals surface area (Å²) in [5.74, 6) is 2.23. The van der Waals surface area contributed by atoms with Crippen molar-refractivity contribution < 1.29 is 4.79 Å². The number of thiophene rings is 1. The lowest BCUT2D eigenvalue weighted by Gasteiger charge is -2.21. The number of nitrogens with one attached hydrogen (secondary N) is 1. The van der Waals surface area contributed by atoms with Crippen LogP contribution in [0, 0.1) is 17.2 Å². The molecule has 0 spiro atoms. The van der Waals surface area contributed by atoms with Crippen molar-refractivity contribution >= 4 is 34.0 Å². The SMILES string of the molecule is C=CCn1c(SCC(=O)Nc2sc3c(c2C#N)CCC(C)C3)nnc1C1CCCCC1. The van der Waals surface area contributed by atoms with Crippen molar-refractivity contribution in [3.63, 3.8) is 0 Å². The lowest BCUT2D eigenvalue weighted by molar-refractivity contribution is -0.113. The summed E-state index contributed by atoms with van der Waals surface area (Å²) in [5.41, 5.74) is 1.79. The molecule has 0 bridgehead atoms. The molecule has 1 atom stereocenters. The molecule has 0 aromatic carbocycles. The molecule has 1 unspecified atom stereocenters. The lowest BCUT2D eigenvalue weighted by Crippen LogP contribution is -2.15. The summed E-state index contributed by atoms with van der Waals surface area (Å²) in [4.78, 5) is 13.9. The zero-order valence-corrected chi connectivity index (χ0v) is 19.7. The van der Waals surface area contributed by atoms with Crippen LogP contribution in [0.1, 0.15) is 73.2 Å². The second kappa shape index (κ2) is 10.0. The molecule has 2 aromatic rings. The number of nitriles is 1. The second-order valence-corrected chi connectivity index (χ2v) is 10.6. The molecule has 6 nitrogen and oxygen atoms in total. The molecule has 1 saturated carbocycles. The summed E-state index contributed by atoms with van der Waals surface area (Å²) >= 11 is 2.96. The first-order valence-electron chi connectivity index (χ1n) is 11.1. The summed E-state index contributed by atoms with van der Waals surface area (Å²) in [5, 5.41) is 22.9. The molecule has 0 saturated heterocycles. The highest BCUT2D eigenvalue weighted by Gasteiger charge is 2.26. The Morgan fingerprint density at radius 2 is 2.16 bits per heavy atom. The van der Waals surface area contributed by atoms with Crippen LogP contribution in [0.2, 0.25) is 0 Å². The number of hydrogen-bond donors (Lipinski definition) is 1. The van der Waals surface area contributed by atoms with Gasteiger partial charge in [0.15, 0.2) is 5.16 Å². The minimum Gasteiger partial charge on any atom is -0.316 e. The van der Waals surface area contributed by atoms with Crippen molar-refractivity contribution in [3.05, 3.63) is 34.5 Å². The predicted octanol–water partition coefficient (Wildman–Crippen LogP) is 5.30. The molecule has 1 amide bonds. The molecule has 31 heavy (non-hydrogen) atoms. The molecule has 2 aromatic heterocycles. The number of rotatable bonds is 7. The van der Waals surface area contributed by atoms with Crippen LogP contribution in [0.15, 0.2) is 17.8 Å². The molecular formula is C23H29N5OS2. The van der Waals surface area contributed by atoms with Gasteiger partial charge in [0.2, 0.25) is 5.91 Å². The van der Waals surface area contributed by atoms with Crippen molar-refractivity contribution in [1.82, 2.24) is 14.8 Å². The van der Waals surface area contributed by atoms with Gasteiger partial charge < -0.3 is 9.88 Å². The highest BCUT2D eigenvalue weighted by Crippen LogP contribution is 2.39. The van der Waals surface area contributed by atoms with E-state index >= 15 is 0 Å². The summed E-state index contributed by atoms with van der Waals surface area (Å²) < 4.78 is 2.10. The maximum atomic E-state index is 12.7. The van der Waals surface area contributed by atoms with E-state index in [4.69, 9.17) is 0 Å². The van der Waals surface area contributed by atoms with Crippen molar-refractivity contribution in [3.8, 4) is 6.07 Å². The van der Waals surface area contributed by atoms with E-state index in [0.717, 1.165) is 48.6 Å². The van der Waals surface area contributed by atoms with Gasteiger partial charge in [-0.1, -0.05) is 44.0 Å². The molecule has 8 heteroatoms. The Kier molecular flexibility index (Phi) is 7.13. The summed E-state index contributed by atoms with van der Waals surface area (Å²) in [6, 6.07) is 2.31. The zero-order chi connectivity index (χ0) is 21.8. The van der Waals surface area contributed by atoms with Crippen LogP contribution in [-0.2, 0) is 24.2 Å². The second-order valence-electron chi connectivity index (χ2n) is 8.58. The number of hydrogen-bond acceptors (Lipinski definition) is 6. The first-order valence-corrected chi connectivity index (χ1v) is 12.9. The maximum absolute atomic E-state index is 12.7. The quantitative estimate of drug-likeness (QED) is 0.452. The van der Waals surface area contributed by atoms with Gasteiger partial charge in [0.25, 0.3) is 0 Å². The normalized spacial score (nSPS) is 18.9. The largest absolute Gasteiger partial charge is 0.316 e. The number of fused-ring (bicyclic) bond motifs is 1. The third kappa shape index (κ3) is 4.88. The van der Waals surface area contributed by atoms with Gasteiger partial charge in [-0.2, -0.15) is 5.26 Å². The third-order valence-corrected chi connectivity index (χ3v) is 8.37. The molecule has 1 fully saturated rings. The first-order chi connectivity index (χ1) is 15.1. The molecule has 2 aliphatic carbocycles. The van der Waals surface area contributed by atoms with Crippen LogP contribution >= 0.6 is 23.1 Å². The number of aromatic nitrogens is 3. The fraction of sp³-hybridized carbons (Fsp3) is 0.565. The lowest BCUT2D eigenvalue weighted by atomic mass is 9.89. The third-order valence-electron chi connectivity index (χ3n) is 6.24. The smallest absolute Gasteiger partial charge is 0.235 e. The first kappa shape index (κ1) is 22.1. The van der Waals surface area contributed by atoms with E-state index in [2.05, 4.69) is 39.7 Å². The maximum Gasteiger partial charge on any atom is 0.235 e. The van der Waals surface area contributed by atoms with Gasteiger partial charge in [-0.3, -0.25) is 4.79 Å². The highest BCUT2D eigenvalue weighted by atomic mass is 32.2. The van der Waals surface area contributed by atoms with E-state index in [1.165, 1.54) is 35.9 Å². The molecule has 0 radical (unpaired) electrons. The Balaban J connectivity index is 1.43. The number of carbonyl (C=O) groups is 1. The number of nitrogens with zero attached hydrogens (tertiary/aromatic N) is 4. The number of thioether (sulfide) groups is 1. The minimum absolute atomic E-state index is 0.111. The topological polar surface area (TPSA) is 83.6 Å². The number of amides is 1. The molecule has 1 N–H and O–H groups in total. The fourth-order valence-electron chi connectivity index (χ4n) is 4.62. The minimum atomic E-state index is -0.111. The zero-order valence-electron chi connectivity index (χ0n) is 18.0. The van der Waals surface area contributed by atoms with E-state index < -0.39 is 0 Å². The van der Waals surface area contributed by atoms with Crippen molar-refractivity contribution in [1.29, 1.82) is 5.26 Å². The Hall–Kier alpha value is -2.11. The molecule has 0 aliphatic heterocycles. The van der Waals surface area contributed by atoms with Crippen LogP contribution in [-0.4, -0.2) is 26.4 Å². The van der Waals surface area contributed by atoms with Crippen LogP contribution in [0.4, 0.5) is 5.00 Å². The van der Waals surface area contributed by atoms with E-state index in [0.29, 0.717) is 28.9 Å². The molecule has 2 aliphatic rings. The van der Waals surface area contributed by atoms with Crippen molar-refractivity contribution in [2.45, 2.75) is 75.9 Å². The Morgan fingerprint density at radius 1 is 1.35 bits per heavy atom. The molecule has 4 rings (SSSR count). The van der Waals surface area contributed by atoms with Crippen molar-refractivity contribution in [2.24, 2.45) is 5.92 Å². The summed E-state index contributed by atoms with van der Waals surface area (Å²) in [6.07, 6.45) is 11.0.